The van der Waals surface area contributed by atoms with E-state index in [1.807, 2.05) is 17.8 Å². The third-order valence-electron chi connectivity index (χ3n) is 3.06. The number of nitrogens with zero attached hydrogens (tertiary/aromatic N) is 4. The van der Waals surface area contributed by atoms with Gasteiger partial charge in [0, 0.05) is 33.4 Å². The number of guanidine groups is 1. The molecule has 6 nitrogen and oxygen atoms in total. The Bertz CT molecular complexity index is 433. The summed E-state index contributed by atoms with van der Waals surface area (Å²) in [7, 11) is 7.92. The van der Waals surface area contributed by atoms with Crippen molar-refractivity contribution in [2.75, 3.05) is 34.2 Å². The summed E-state index contributed by atoms with van der Waals surface area (Å²) in [6, 6.07) is 2.00. The Hall–Kier alpha value is -1.56. The average Bonchev–Trinajstić information content (AvgIpc) is 2.73. The normalized spacial score (nSPS) is 12.8. The van der Waals surface area contributed by atoms with Crippen LogP contribution in [0.15, 0.2) is 17.3 Å². The van der Waals surface area contributed by atoms with Gasteiger partial charge in [0.15, 0.2) is 5.96 Å². The van der Waals surface area contributed by atoms with Crippen LogP contribution in [0, 0.1) is 5.41 Å². The van der Waals surface area contributed by atoms with Gasteiger partial charge in [-0.2, -0.15) is 5.10 Å². The van der Waals surface area contributed by atoms with Crippen molar-refractivity contribution < 1.29 is 0 Å². The number of rotatable bonds is 6. The zero-order valence-electron chi connectivity index (χ0n) is 13.6. The first-order valence-corrected chi connectivity index (χ1v) is 6.90. The maximum atomic E-state index is 4.25. The van der Waals surface area contributed by atoms with Crippen molar-refractivity contribution in [2.45, 2.75) is 20.4 Å². The Morgan fingerprint density at radius 2 is 2.10 bits per heavy atom. The Balaban J connectivity index is 2.42. The molecular formula is C14H28N6. The second-order valence-electron chi connectivity index (χ2n) is 6.13. The third kappa shape index (κ3) is 5.61. The minimum absolute atomic E-state index is 0.188. The smallest absolute Gasteiger partial charge is 0.191 e. The van der Waals surface area contributed by atoms with E-state index >= 15 is 0 Å². The van der Waals surface area contributed by atoms with Gasteiger partial charge in [0.05, 0.1) is 12.2 Å². The molecule has 0 spiro atoms. The molecule has 0 aliphatic heterocycles. The second kappa shape index (κ2) is 7.28. The summed E-state index contributed by atoms with van der Waals surface area (Å²) in [4.78, 5) is 6.45. The SMILES string of the molecule is CN=C(NCc1ccnn1C)NCC(C)(C)CN(C)C. The molecule has 1 rings (SSSR count). The zero-order chi connectivity index (χ0) is 15.2. The lowest BCUT2D eigenvalue weighted by Gasteiger charge is -2.29. The van der Waals surface area contributed by atoms with E-state index < -0.39 is 0 Å². The Kier molecular flexibility index (Phi) is 6.01. The minimum atomic E-state index is 0.188. The number of aromatic nitrogens is 2. The largest absolute Gasteiger partial charge is 0.356 e. The summed E-state index contributed by atoms with van der Waals surface area (Å²) in [6.07, 6.45) is 1.80. The van der Waals surface area contributed by atoms with Crippen LogP contribution in [0.25, 0.3) is 0 Å². The van der Waals surface area contributed by atoms with Crippen molar-refractivity contribution in [2.24, 2.45) is 17.5 Å². The topological polar surface area (TPSA) is 57.5 Å². The molecule has 6 heteroatoms. The van der Waals surface area contributed by atoms with E-state index in [1.54, 1.807) is 13.2 Å². The predicted octanol–water partition coefficient (Wildman–Crippen LogP) is 0.673. The number of nitrogens with one attached hydrogen (secondary N) is 2. The number of hydrogen-bond acceptors (Lipinski definition) is 3. The quantitative estimate of drug-likeness (QED) is 0.594. The fraction of sp³-hybridized carbons (Fsp3) is 0.714. The van der Waals surface area contributed by atoms with Gasteiger partial charge in [0.2, 0.25) is 0 Å². The zero-order valence-corrected chi connectivity index (χ0v) is 13.6. The van der Waals surface area contributed by atoms with Gasteiger partial charge in [-0.3, -0.25) is 9.67 Å². The van der Waals surface area contributed by atoms with Gasteiger partial charge in [-0.1, -0.05) is 13.8 Å². The van der Waals surface area contributed by atoms with Crippen LogP contribution < -0.4 is 10.6 Å². The van der Waals surface area contributed by atoms with Crippen LogP contribution in [0.4, 0.5) is 0 Å². The number of aliphatic imine (C=N–C) groups is 1. The molecule has 114 valence electrons. The van der Waals surface area contributed by atoms with Crippen LogP contribution in [0.1, 0.15) is 19.5 Å². The molecule has 1 aromatic rings. The highest BCUT2D eigenvalue weighted by Gasteiger charge is 2.19. The second-order valence-corrected chi connectivity index (χ2v) is 6.13. The summed E-state index contributed by atoms with van der Waals surface area (Å²) in [6.45, 7) is 7.10. The Labute approximate surface area is 122 Å². The van der Waals surface area contributed by atoms with Gasteiger partial charge in [-0.15, -0.1) is 0 Å². The van der Waals surface area contributed by atoms with Gasteiger partial charge < -0.3 is 15.5 Å². The number of hydrogen-bond donors (Lipinski definition) is 2. The highest BCUT2D eigenvalue weighted by atomic mass is 15.3. The molecule has 0 saturated carbocycles. The summed E-state index contributed by atoms with van der Waals surface area (Å²) in [5, 5.41) is 10.8. The molecule has 0 unspecified atom stereocenters. The monoisotopic (exact) mass is 280 g/mol. The molecule has 0 radical (unpaired) electrons. The minimum Gasteiger partial charge on any atom is -0.356 e. The summed E-state index contributed by atoms with van der Waals surface area (Å²) in [5.74, 6) is 0.818. The fourth-order valence-corrected chi connectivity index (χ4v) is 2.20. The van der Waals surface area contributed by atoms with Gasteiger partial charge in [0.1, 0.15) is 0 Å². The first kappa shape index (κ1) is 16.5. The average molecular weight is 280 g/mol. The molecule has 0 saturated heterocycles. The van der Waals surface area contributed by atoms with Crippen LogP contribution in [-0.2, 0) is 13.6 Å². The van der Waals surface area contributed by atoms with E-state index in [-0.39, 0.29) is 5.41 Å². The predicted molar refractivity (Wildman–Crippen MR) is 83.7 cm³/mol. The summed E-state index contributed by atoms with van der Waals surface area (Å²) < 4.78 is 1.86. The lowest BCUT2D eigenvalue weighted by atomic mass is 9.93. The van der Waals surface area contributed by atoms with E-state index in [1.165, 1.54) is 0 Å². The van der Waals surface area contributed by atoms with Crippen LogP contribution in [0.5, 0.6) is 0 Å². The molecule has 20 heavy (non-hydrogen) atoms. The lowest BCUT2D eigenvalue weighted by molar-refractivity contribution is 0.241. The molecule has 1 heterocycles. The van der Waals surface area contributed by atoms with Crippen molar-refractivity contribution in [3.8, 4) is 0 Å². The molecule has 0 aliphatic rings. The van der Waals surface area contributed by atoms with E-state index in [4.69, 9.17) is 0 Å². The van der Waals surface area contributed by atoms with Crippen LogP contribution in [0.3, 0.4) is 0 Å². The van der Waals surface area contributed by atoms with Crippen molar-refractivity contribution in [3.05, 3.63) is 18.0 Å². The molecule has 0 amide bonds. The molecule has 0 fully saturated rings. The van der Waals surface area contributed by atoms with Crippen LogP contribution >= 0.6 is 0 Å². The molecule has 2 N–H and O–H groups in total. The first-order chi connectivity index (χ1) is 9.34. The molecule has 1 aromatic heterocycles. The third-order valence-corrected chi connectivity index (χ3v) is 3.06. The van der Waals surface area contributed by atoms with Crippen molar-refractivity contribution in [3.63, 3.8) is 0 Å². The summed E-state index contributed by atoms with van der Waals surface area (Å²) in [5.41, 5.74) is 1.31. The van der Waals surface area contributed by atoms with Crippen molar-refractivity contribution in [1.82, 2.24) is 25.3 Å². The van der Waals surface area contributed by atoms with Gasteiger partial charge >= 0.3 is 0 Å². The van der Waals surface area contributed by atoms with Crippen molar-refractivity contribution >= 4 is 5.96 Å². The Morgan fingerprint density at radius 3 is 2.60 bits per heavy atom. The van der Waals surface area contributed by atoms with Gasteiger partial charge in [0.25, 0.3) is 0 Å². The van der Waals surface area contributed by atoms with Crippen LogP contribution in [0.2, 0.25) is 0 Å². The van der Waals surface area contributed by atoms with Gasteiger partial charge in [-0.25, -0.2) is 0 Å². The maximum Gasteiger partial charge on any atom is 0.191 e. The maximum absolute atomic E-state index is 4.25. The Morgan fingerprint density at radius 1 is 1.40 bits per heavy atom. The summed E-state index contributed by atoms with van der Waals surface area (Å²) >= 11 is 0. The highest BCUT2D eigenvalue weighted by molar-refractivity contribution is 5.79. The lowest BCUT2D eigenvalue weighted by Crippen LogP contribution is -2.44. The molecule has 0 bridgehead atoms. The van der Waals surface area contributed by atoms with Crippen molar-refractivity contribution in [1.29, 1.82) is 0 Å². The van der Waals surface area contributed by atoms with E-state index in [0.29, 0.717) is 6.54 Å². The number of aryl methyl sites for hydroxylation is 1. The van der Waals surface area contributed by atoms with Crippen LogP contribution in [-0.4, -0.2) is 54.9 Å². The van der Waals surface area contributed by atoms with E-state index in [0.717, 1.165) is 24.7 Å². The molecule has 0 aliphatic carbocycles. The van der Waals surface area contributed by atoms with E-state index in [9.17, 15) is 0 Å². The molecular weight excluding hydrogens is 252 g/mol. The standard InChI is InChI=1S/C14H28N6/c1-14(2,11-19(4)5)10-17-13(15-3)16-9-12-7-8-18-20(12)6/h7-8H,9-11H2,1-6H3,(H2,15,16,17). The highest BCUT2D eigenvalue weighted by Crippen LogP contribution is 2.13. The fourth-order valence-electron chi connectivity index (χ4n) is 2.20. The van der Waals surface area contributed by atoms with E-state index in [2.05, 4.69) is 53.6 Å². The first-order valence-electron chi connectivity index (χ1n) is 6.90. The molecule has 0 atom stereocenters. The molecule has 0 aromatic carbocycles. The van der Waals surface area contributed by atoms with Gasteiger partial charge in [-0.05, 0) is 25.6 Å².